The predicted molar refractivity (Wildman–Crippen MR) is 149 cm³/mol. The highest BCUT2D eigenvalue weighted by Gasteiger charge is 2.56. The van der Waals surface area contributed by atoms with Crippen molar-refractivity contribution in [3.63, 3.8) is 0 Å². The van der Waals surface area contributed by atoms with E-state index in [1.54, 1.807) is 22.9 Å². The number of rotatable bonds is 10. The number of nitrogens with zero attached hydrogens (tertiary/aromatic N) is 2. The molecule has 1 aromatic heterocycles. The van der Waals surface area contributed by atoms with Crippen LogP contribution in [0.2, 0.25) is 0 Å². The first-order valence-corrected chi connectivity index (χ1v) is 13.3. The molecule has 2 aromatic carbocycles. The van der Waals surface area contributed by atoms with Gasteiger partial charge in [-0.25, -0.2) is 0 Å². The van der Waals surface area contributed by atoms with Crippen LogP contribution in [-0.4, -0.2) is 55.3 Å². The average molecular weight is 536 g/mol. The van der Waals surface area contributed by atoms with Gasteiger partial charge in [0.1, 0.15) is 17.2 Å². The van der Waals surface area contributed by atoms with Gasteiger partial charge in [0.15, 0.2) is 0 Å². The molecule has 1 aliphatic rings. The molecule has 4 rings (SSSR count). The van der Waals surface area contributed by atoms with Crippen LogP contribution in [0.4, 0.5) is 5.69 Å². The summed E-state index contributed by atoms with van der Waals surface area (Å²) in [6.45, 7) is 1.74. The Morgan fingerprint density at radius 1 is 1.05 bits per heavy atom. The summed E-state index contributed by atoms with van der Waals surface area (Å²) >= 11 is 0. The molecule has 2 amide bonds. The Labute approximate surface area is 228 Å². The Morgan fingerprint density at radius 2 is 1.69 bits per heavy atom. The number of amides is 2. The average Bonchev–Trinajstić information content (AvgIpc) is 3.36. The van der Waals surface area contributed by atoms with Crippen LogP contribution < -0.4 is 19.7 Å². The molecule has 3 aromatic rings. The van der Waals surface area contributed by atoms with Gasteiger partial charge >= 0.3 is 5.97 Å². The van der Waals surface area contributed by atoms with E-state index in [-0.39, 0.29) is 19.0 Å². The number of hydrogen-bond donors (Lipinski definition) is 2. The zero-order chi connectivity index (χ0) is 28.2. The number of para-hydroxylation sites is 1. The SMILES string of the molecule is CNC(=O)C(Cn1ccc2ccccc21)(C(=O)O)C(=O)N(CC1CCCCC1)c1c(OC)cc(C)cc1OC. The van der Waals surface area contributed by atoms with E-state index < -0.39 is 23.2 Å². The molecule has 1 heterocycles. The van der Waals surface area contributed by atoms with Gasteiger partial charge in [-0.2, -0.15) is 0 Å². The van der Waals surface area contributed by atoms with Crippen LogP contribution in [0.3, 0.4) is 0 Å². The summed E-state index contributed by atoms with van der Waals surface area (Å²) in [6.07, 6.45) is 6.70. The highest BCUT2D eigenvalue weighted by atomic mass is 16.5. The van der Waals surface area contributed by atoms with Crippen molar-refractivity contribution < 1.29 is 29.0 Å². The molecule has 9 heteroatoms. The molecule has 1 fully saturated rings. The lowest BCUT2D eigenvalue weighted by atomic mass is 9.83. The smallest absolute Gasteiger partial charge is 0.330 e. The molecule has 39 heavy (non-hydrogen) atoms. The van der Waals surface area contributed by atoms with Gasteiger partial charge in [-0.1, -0.05) is 37.5 Å². The number of carboxylic acids is 1. The van der Waals surface area contributed by atoms with Gasteiger partial charge < -0.3 is 29.4 Å². The lowest BCUT2D eigenvalue weighted by Crippen LogP contribution is -2.59. The fourth-order valence-corrected chi connectivity index (χ4v) is 5.66. The minimum atomic E-state index is -2.45. The van der Waals surface area contributed by atoms with Gasteiger partial charge in [-0.15, -0.1) is 0 Å². The molecule has 1 saturated carbocycles. The summed E-state index contributed by atoms with van der Waals surface area (Å²) < 4.78 is 13.0. The Hall–Kier alpha value is -4.01. The van der Waals surface area contributed by atoms with E-state index in [4.69, 9.17) is 9.47 Å². The summed E-state index contributed by atoms with van der Waals surface area (Å²) in [6, 6.07) is 12.8. The zero-order valence-electron chi connectivity index (χ0n) is 23.0. The van der Waals surface area contributed by atoms with E-state index in [1.807, 2.05) is 37.3 Å². The first-order valence-electron chi connectivity index (χ1n) is 13.3. The van der Waals surface area contributed by atoms with Gasteiger partial charge in [-0.3, -0.25) is 14.4 Å². The number of methoxy groups -OCH3 is 2. The van der Waals surface area contributed by atoms with Crippen molar-refractivity contribution >= 4 is 34.4 Å². The fourth-order valence-electron chi connectivity index (χ4n) is 5.66. The summed E-state index contributed by atoms with van der Waals surface area (Å²) in [7, 11) is 4.34. The third-order valence-corrected chi connectivity index (χ3v) is 7.74. The molecule has 2 N–H and O–H groups in total. The molecule has 0 radical (unpaired) electrons. The van der Waals surface area contributed by atoms with E-state index in [1.165, 1.54) is 26.2 Å². The van der Waals surface area contributed by atoms with Gasteiger partial charge in [-0.05, 0) is 60.9 Å². The number of aryl methyl sites for hydroxylation is 1. The summed E-state index contributed by atoms with van der Waals surface area (Å²) in [4.78, 5) is 42.8. The first kappa shape index (κ1) is 28.0. The van der Waals surface area contributed by atoms with Crippen LogP contribution in [0.15, 0.2) is 48.7 Å². The van der Waals surface area contributed by atoms with Crippen molar-refractivity contribution in [3.8, 4) is 11.5 Å². The number of benzene rings is 2. The van der Waals surface area contributed by atoms with Crippen molar-refractivity contribution in [2.45, 2.75) is 45.6 Å². The zero-order valence-corrected chi connectivity index (χ0v) is 23.0. The maximum atomic E-state index is 14.7. The number of carbonyl (C=O) groups excluding carboxylic acids is 2. The highest BCUT2D eigenvalue weighted by molar-refractivity contribution is 6.25. The molecule has 1 atom stereocenters. The Morgan fingerprint density at radius 3 is 2.28 bits per heavy atom. The van der Waals surface area contributed by atoms with E-state index in [0.29, 0.717) is 17.2 Å². The number of aromatic nitrogens is 1. The summed E-state index contributed by atoms with van der Waals surface area (Å²) in [5.41, 5.74) is -0.545. The first-order chi connectivity index (χ1) is 18.8. The van der Waals surface area contributed by atoms with E-state index in [9.17, 15) is 19.5 Å². The standard InChI is InChI=1S/C30H37N3O6/c1-20-16-24(38-3)26(25(17-20)39-4)33(18-21-10-6-5-7-11-21)28(35)30(29(36)37,27(34)31-2)19-32-15-14-22-12-8-9-13-23(22)32/h8-9,12-17,21H,5-7,10-11,18-19H2,1-4H3,(H,31,34)(H,36,37). The normalized spacial score (nSPS) is 15.4. The molecule has 208 valence electrons. The van der Waals surface area contributed by atoms with Gasteiger partial charge in [0, 0.05) is 25.3 Å². The van der Waals surface area contributed by atoms with Crippen molar-refractivity contribution in [1.29, 1.82) is 0 Å². The minimum absolute atomic E-state index is 0.141. The van der Waals surface area contributed by atoms with Crippen molar-refractivity contribution in [2.75, 3.05) is 32.7 Å². The molecule has 0 bridgehead atoms. The highest BCUT2D eigenvalue weighted by Crippen LogP contribution is 2.43. The van der Waals surface area contributed by atoms with Crippen LogP contribution >= 0.6 is 0 Å². The van der Waals surface area contributed by atoms with Crippen molar-refractivity contribution in [3.05, 3.63) is 54.2 Å². The topological polar surface area (TPSA) is 110 Å². The molecule has 1 unspecified atom stereocenters. The van der Waals surface area contributed by atoms with Crippen LogP contribution in [0.1, 0.15) is 37.7 Å². The summed E-state index contributed by atoms with van der Waals surface area (Å²) in [5, 5.41) is 14.0. The Kier molecular flexibility index (Phi) is 8.47. The van der Waals surface area contributed by atoms with Crippen molar-refractivity contribution in [2.24, 2.45) is 11.3 Å². The number of carboxylic acid groups (broad SMARTS) is 1. The second-order valence-electron chi connectivity index (χ2n) is 10.2. The third-order valence-electron chi connectivity index (χ3n) is 7.74. The third kappa shape index (κ3) is 5.30. The molecular weight excluding hydrogens is 498 g/mol. The molecule has 1 aliphatic carbocycles. The van der Waals surface area contributed by atoms with Gasteiger partial charge in [0.25, 0.3) is 5.91 Å². The fraction of sp³-hybridized carbons (Fsp3) is 0.433. The number of anilines is 1. The number of hydrogen-bond acceptors (Lipinski definition) is 5. The van der Waals surface area contributed by atoms with E-state index in [2.05, 4.69) is 5.32 Å². The molecular formula is C30H37N3O6. The van der Waals surface area contributed by atoms with Gasteiger partial charge in [0.05, 0.1) is 20.8 Å². The maximum Gasteiger partial charge on any atom is 0.330 e. The van der Waals surface area contributed by atoms with Crippen LogP contribution in [0, 0.1) is 18.3 Å². The Bertz CT molecular complexity index is 1330. The number of fused-ring (bicyclic) bond motifs is 1. The van der Waals surface area contributed by atoms with Crippen LogP contribution in [0.25, 0.3) is 10.9 Å². The van der Waals surface area contributed by atoms with Crippen LogP contribution in [-0.2, 0) is 20.9 Å². The monoisotopic (exact) mass is 535 g/mol. The number of nitrogens with one attached hydrogen (secondary N) is 1. The Balaban J connectivity index is 1.91. The molecule has 9 nitrogen and oxygen atoms in total. The largest absolute Gasteiger partial charge is 0.494 e. The minimum Gasteiger partial charge on any atom is -0.494 e. The number of carbonyl (C=O) groups is 3. The lowest BCUT2D eigenvalue weighted by molar-refractivity contribution is -0.161. The van der Waals surface area contributed by atoms with Gasteiger partial charge in [0.2, 0.25) is 11.3 Å². The maximum absolute atomic E-state index is 14.7. The van der Waals surface area contributed by atoms with Crippen molar-refractivity contribution in [1.82, 2.24) is 9.88 Å². The lowest BCUT2D eigenvalue weighted by Gasteiger charge is -2.37. The number of ether oxygens (including phenoxy) is 2. The molecule has 0 spiro atoms. The quantitative estimate of drug-likeness (QED) is 0.373. The second-order valence-corrected chi connectivity index (χ2v) is 10.2. The molecule has 0 aliphatic heterocycles. The number of aliphatic carboxylic acids is 1. The van der Waals surface area contributed by atoms with E-state index in [0.717, 1.165) is 48.6 Å². The summed E-state index contributed by atoms with van der Waals surface area (Å²) in [5.74, 6) is -2.36. The molecule has 0 saturated heterocycles. The van der Waals surface area contributed by atoms with Crippen LogP contribution in [0.5, 0.6) is 11.5 Å². The predicted octanol–water partition coefficient (Wildman–Crippen LogP) is 4.40. The van der Waals surface area contributed by atoms with E-state index >= 15 is 0 Å². The second kappa shape index (κ2) is 11.8.